The fraction of sp³-hybridized carbons (Fsp3) is 0.600. The number of aliphatic hydroxyl groups is 1. The van der Waals surface area contributed by atoms with E-state index in [1.807, 2.05) is 0 Å². The first-order valence-corrected chi connectivity index (χ1v) is 6.79. The zero-order valence-corrected chi connectivity index (χ0v) is 11.3. The molecule has 1 aromatic carbocycles. The first kappa shape index (κ1) is 13.5. The molecule has 1 aliphatic rings. The average Bonchev–Trinajstić information content (AvgIpc) is 2.77. The highest BCUT2D eigenvalue weighted by molar-refractivity contribution is 5.26. The van der Waals surface area contributed by atoms with Crippen LogP contribution in [0.15, 0.2) is 24.3 Å². The zero-order chi connectivity index (χ0) is 13.1. The van der Waals surface area contributed by atoms with Crippen molar-refractivity contribution in [2.45, 2.75) is 32.4 Å². The molecule has 1 fully saturated rings. The highest BCUT2D eigenvalue weighted by Crippen LogP contribution is 2.29. The molecule has 1 heterocycles. The molecule has 1 aromatic rings. The van der Waals surface area contributed by atoms with Gasteiger partial charge in [-0.2, -0.15) is 0 Å². The highest BCUT2D eigenvalue weighted by atomic mass is 16.3. The summed E-state index contributed by atoms with van der Waals surface area (Å²) in [6.07, 6.45) is 1.07. The maximum absolute atomic E-state index is 9.26. The predicted molar refractivity (Wildman–Crippen MR) is 74.3 cm³/mol. The SMILES string of the molecule is Cc1cccc(C(C(C)N)N2CCC(CO)C2)c1. The van der Waals surface area contributed by atoms with Gasteiger partial charge < -0.3 is 10.8 Å². The van der Waals surface area contributed by atoms with Crippen molar-refractivity contribution in [1.29, 1.82) is 0 Å². The molecular formula is C15H24N2O. The Labute approximate surface area is 110 Å². The van der Waals surface area contributed by atoms with Crippen molar-refractivity contribution in [2.24, 2.45) is 11.7 Å². The van der Waals surface area contributed by atoms with Crippen LogP contribution in [0.2, 0.25) is 0 Å². The molecule has 3 N–H and O–H groups in total. The van der Waals surface area contributed by atoms with Crippen molar-refractivity contribution in [3.8, 4) is 0 Å². The molecule has 0 aromatic heterocycles. The Bertz CT molecular complexity index is 392. The number of rotatable bonds is 4. The third-order valence-electron chi connectivity index (χ3n) is 3.85. The second kappa shape index (κ2) is 5.83. The van der Waals surface area contributed by atoms with E-state index in [1.54, 1.807) is 0 Å². The van der Waals surface area contributed by atoms with E-state index in [9.17, 15) is 5.11 Å². The third kappa shape index (κ3) is 2.91. The summed E-state index contributed by atoms with van der Waals surface area (Å²) in [7, 11) is 0. The van der Waals surface area contributed by atoms with Crippen LogP contribution in [0.3, 0.4) is 0 Å². The Morgan fingerprint density at radius 3 is 2.83 bits per heavy atom. The monoisotopic (exact) mass is 248 g/mol. The third-order valence-corrected chi connectivity index (χ3v) is 3.85. The standard InChI is InChI=1S/C15H24N2O/c1-11-4-3-5-14(8-11)15(12(2)16)17-7-6-13(9-17)10-18/h3-5,8,12-13,15,18H,6-7,9-10,16H2,1-2H3. The minimum absolute atomic E-state index is 0.101. The van der Waals surface area contributed by atoms with Crippen LogP contribution in [-0.4, -0.2) is 35.7 Å². The van der Waals surface area contributed by atoms with Crippen LogP contribution in [0, 0.1) is 12.8 Å². The molecule has 0 spiro atoms. The fourth-order valence-electron chi connectivity index (χ4n) is 2.97. The molecule has 0 radical (unpaired) electrons. The largest absolute Gasteiger partial charge is 0.396 e. The molecule has 0 saturated carbocycles. The van der Waals surface area contributed by atoms with Gasteiger partial charge in [-0.1, -0.05) is 29.8 Å². The van der Waals surface area contributed by atoms with E-state index in [-0.39, 0.29) is 18.7 Å². The Hall–Kier alpha value is -0.900. The highest BCUT2D eigenvalue weighted by Gasteiger charge is 2.30. The van der Waals surface area contributed by atoms with Gasteiger partial charge in [0.2, 0.25) is 0 Å². The van der Waals surface area contributed by atoms with Gasteiger partial charge in [-0.15, -0.1) is 0 Å². The molecule has 0 amide bonds. The van der Waals surface area contributed by atoms with Gasteiger partial charge in [-0.25, -0.2) is 0 Å². The van der Waals surface area contributed by atoms with Crippen LogP contribution in [0.4, 0.5) is 0 Å². The molecule has 100 valence electrons. The molecule has 3 nitrogen and oxygen atoms in total. The topological polar surface area (TPSA) is 49.5 Å². The van der Waals surface area contributed by atoms with Crippen LogP contribution in [0.1, 0.15) is 30.5 Å². The van der Waals surface area contributed by atoms with Crippen molar-refractivity contribution >= 4 is 0 Å². The van der Waals surface area contributed by atoms with E-state index in [1.165, 1.54) is 11.1 Å². The maximum Gasteiger partial charge on any atom is 0.0496 e. The predicted octanol–water partition coefficient (Wildman–Crippen LogP) is 1.70. The lowest BCUT2D eigenvalue weighted by Crippen LogP contribution is -2.38. The van der Waals surface area contributed by atoms with Crippen LogP contribution < -0.4 is 5.73 Å². The van der Waals surface area contributed by atoms with E-state index < -0.39 is 0 Å². The molecule has 2 rings (SSSR count). The molecule has 18 heavy (non-hydrogen) atoms. The van der Waals surface area contributed by atoms with Gasteiger partial charge in [0, 0.05) is 25.2 Å². The van der Waals surface area contributed by atoms with Gasteiger partial charge in [-0.3, -0.25) is 4.90 Å². The zero-order valence-electron chi connectivity index (χ0n) is 11.3. The molecule has 1 aliphatic heterocycles. The van der Waals surface area contributed by atoms with Crippen LogP contribution >= 0.6 is 0 Å². The molecule has 3 atom stereocenters. The summed E-state index contributed by atoms with van der Waals surface area (Å²) < 4.78 is 0. The van der Waals surface area contributed by atoms with Crippen molar-refractivity contribution < 1.29 is 5.11 Å². The minimum atomic E-state index is 0.101. The van der Waals surface area contributed by atoms with E-state index in [0.717, 1.165) is 19.5 Å². The summed E-state index contributed by atoms with van der Waals surface area (Å²) in [5, 5.41) is 9.26. The Kier molecular flexibility index (Phi) is 4.38. The summed E-state index contributed by atoms with van der Waals surface area (Å²) in [4.78, 5) is 2.42. The van der Waals surface area contributed by atoms with Crippen LogP contribution in [-0.2, 0) is 0 Å². The Morgan fingerprint density at radius 2 is 2.28 bits per heavy atom. The summed E-state index contributed by atoms with van der Waals surface area (Å²) >= 11 is 0. The Morgan fingerprint density at radius 1 is 1.50 bits per heavy atom. The van der Waals surface area contributed by atoms with Gasteiger partial charge in [0.15, 0.2) is 0 Å². The summed E-state index contributed by atoms with van der Waals surface area (Å²) in [5.41, 5.74) is 8.75. The average molecular weight is 248 g/mol. The number of hydrogen-bond acceptors (Lipinski definition) is 3. The number of hydrogen-bond donors (Lipinski definition) is 2. The normalized spacial score (nSPS) is 24.1. The number of aliphatic hydroxyl groups excluding tert-OH is 1. The quantitative estimate of drug-likeness (QED) is 0.852. The van der Waals surface area contributed by atoms with Crippen LogP contribution in [0.25, 0.3) is 0 Å². The summed E-state index contributed by atoms with van der Waals surface area (Å²) in [6, 6.07) is 8.96. The van der Waals surface area contributed by atoms with Gasteiger partial charge in [-0.05, 0) is 38.3 Å². The van der Waals surface area contributed by atoms with Crippen molar-refractivity contribution in [2.75, 3.05) is 19.7 Å². The molecule has 3 unspecified atom stereocenters. The fourth-order valence-corrected chi connectivity index (χ4v) is 2.97. The minimum Gasteiger partial charge on any atom is -0.396 e. The molecule has 3 heteroatoms. The first-order valence-electron chi connectivity index (χ1n) is 6.79. The number of nitrogens with zero attached hydrogens (tertiary/aromatic N) is 1. The van der Waals surface area contributed by atoms with Crippen LogP contribution in [0.5, 0.6) is 0 Å². The van der Waals surface area contributed by atoms with Gasteiger partial charge in [0.05, 0.1) is 0 Å². The second-order valence-electron chi connectivity index (χ2n) is 5.55. The number of nitrogens with two attached hydrogens (primary N) is 1. The smallest absolute Gasteiger partial charge is 0.0496 e. The van der Waals surface area contributed by atoms with E-state index >= 15 is 0 Å². The van der Waals surface area contributed by atoms with E-state index in [2.05, 4.69) is 43.0 Å². The van der Waals surface area contributed by atoms with Gasteiger partial charge >= 0.3 is 0 Å². The lowest BCUT2D eigenvalue weighted by atomic mass is 9.98. The van der Waals surface area contributed by atoms with E-state index in [0.29, 0.717) is 5.92 Å². The Balaban J connectivity index is 2.19. The maximum atomic E-state index is 9.26. The van der Waals surface area contributed by atoms with E-state index in [4.69, 9.17) is 5.73 Å². The van der Waals surface area contributed by atoms with Gasteiger partial charge in [0.1, 0.15) is 0 Å². The van der Waals surface area contributed by atoms with Crippen molar-refractivity contribution in [3.05, 3.63) is 35.4 Å². The molecular weight excluding hydrogens is 224 g/mol. The van der Waals surface area contributed by atoms with Crippen molar-refractivity contribution in [1.82, 2.24) is 4.90 Å². The number of aryl methyl sites for hydroxylation is 1. The molecule has 1 saturated heterocycles. The van der Waals surface area contributed by atoms with Gasteiger partial charge in [0.25, 0.3) is 0 Å². The summed E-state index contributed by atoms with van der Waals surface area (Å²) in [5.74, 6) is 0.413. The first-order chi connectivity index (χ1) is 8.61. The number of likely N-dealkylation sites (tertiary alicyclic amines) is 1. The lowest BCUT2D eigenvalue weighted by Gasteiger charge is -2.31. The molecule has 0 bridgehead atoms. The molecule has 0 aliphatic carbocycles. The van der Waals surface area contributed by atoms with Crippen molar-refractivity contribution in [3.63, 3.8) is 0 Å². The lowest BCUT2D eigenvalue weighted by molar-refractivity contribution is 0.185. The second-order valence-corrected chi connectivity index (χ2v) is 5.55. The number of benzene rings is 1. The summed E-state index contributed by atoms with van der Waals surface area (Å²) in [6.45, 7) is 6.46.